The van der Waals surface area contributed by atoms with Crippen molar-refractivity contribution in [3.63, 3.8) is 0 Å². The number of rotatable bonds is 2. The maximum atomic E-state index is 13.5. The van der Waals surface area contributed by atoms with Gasteiger partial charge in [-0.15, -0.1) is 0 Å². The summed E-state index contributed by atoms with van der Waals surface area (Å²) in [5.74, 6) is 1.93. The van der Waals surface area contributed by atoms with Crippen LogP contribution in [-0.2, 0) is 0 Å². The van der Waals surface area contributed by atoms with Crippen molar-refractivity contribution < 1.29 is 18.6 Å². The Labute approximate surface area is 177 Å². The van der Waals surface area contributed by atoms with Gasteiger partial charge in [-0.25, -0.2) is 9.40 Å². The molecule has 150 valence electrons. The van der Waals surface area contributed by atoms with E-state index in [1.165, 1.54) is 12.1 Å². The van der Waals surface area contributed by atoms with Crippen molar-refractivity contribution in [3.05, 3.63) is 88.2 Å². The summed E-state index contributed by atoms with van der Waals surface area (Å²) in [6, 6.07) is 17.7. The summed E-state index contributed by atoms with van der Waals surface area (Å²) in [6.45, 7) is 0.229. The third kappa shape index (κ3) is 2.79. The summed E-state index contributed by atoms with van der Waals surface area (Å²) in [4.78, 5) is 0. The Morgan fingerprint density at radius 1 is 0.933 bits per heavy atom. The Bertz CT molecular complexity index is 1180. The van der Waals surface area contributed by atoms with Gasteiger partial charge in [0.15, 0.2) is 11.5 Å². The fraction of sp³-hybridized carbons (Fsp3) is 0.174. The monoisotopic (exact) mass is 422 g/mol. The highest BCUT2D eigenvalue weighted by Crippen LogP contribution is 2.48. The van der Waals surface area contributed by atoms with E-state index in [0.29, 0.717) is 11.4 Å². The maximum Gasteiger partial charge on any atom is 0.231 e. The fourth-order valence-corrected chi connectivity index (χ4v) is 4.34. The molecule has 3 aliphatic heterocycles. The van der Waals surface area contributed by atoms with Crippen molar-refractivity contribution in [2.45, 2.75) is 18.7 Å². The van der Waals surface area contributed by atoms with Crippen molar-refractivity contribution in [1.82, 2.24) is 5.01 Å². The van der Waals surface area contributed by atoms with Crippen LogP contribution in [-0.4, -0.2) is 17.5 Å². The Morgan fingerprint density at radius 2 is 1.73 bits per heavy atom. The molecule has 0 aliphatic carbocycles. The number of halogens is 2. The van der Waals surface area contributed by atoms with Crippen LogP contribution in [0.1, 0.15) is 35.4 Å². The summed E-state index contributed by atoms with van der Waals surface area (Å²) in [6.07, 6.45) is 0.226. The normalized spacial score (nSPS) is 21.0. The Morgan fingerprint density at radius 3 is 2.60 bits per heavy atom. The first-order valence-corrected chi connectivity index (χ1v) is 10.0. The predicted molar refractivity (Wildman–Crippen MR) is 110 cm³/mol. The molecule has 6 rings (SSSR count). The molecule has 5 nitrogen and oxygen atoms in total. The van der Waals surface area contributed by atoms with E-state index < -0.39 is 6.23 Å². The van der Waals surface area contributed by atoms with Crippen molar-refractivity contribution in [1.29, 1.82) is 0 Å². The molecule has 30 heavy (non-hydrogen) atoms. The Hall–Kier alpha value is -3.25. The van der Waals surface area contributed by atoms with E-state index in [-0.39, 0.29) is 18.7 Å². The van der Waals surface area contributed by atoms with E-state index in [4.69, 9.17) is 30.9 Å². The number of hydrogen-bond donors (Lipinski definition) is 0. The van der Waals surface area contributed by atoms with Crippen LogP contribution in [0.15, 0.2) is 65.8 Å². The van der Waals surface area contributed by atoms with Gasteiger partial charge in [0.1, 0.15) is 11.6 Å². The van der Waals surface area contributed by atoms with Crippen LogP contribution in [0.2, 0.25) is 5.02 Å². The van der Waals surface area contributed by atoms with E-state index in [2.05, 4.69) is 0 Å². The molecule has 0 saturated heterocycles. The Balaban J connectivity index is 1.43. The zero-order valence-corrected chi connectivity index (χ0v) is 16.5. The molecule has 3 heterocycles. The third-order valence-corrected chi connectivity index (χ3v) is 5.85. The molecule has 0 aromatic heterocycles. The minimum atomic E-state index is -0.462. The maximum absolute atomic E-state index is 13.5. The molecule has 3 aliphatic rings. The molecular formula is C23H16ClFN2O3. The molecule has 0 radical (unpaired) electrons. The lowest BCUT2D eigenvalue weighted by molar-refractivity contribution is -0.0190. The highest BCUT2D eigenvalue weighted by atomic mass is 35.5. The topological polar surface area (TPSA) is 43.3 Å². The van der Waals surface area contributed by atoms with Crippen LogP contribution in [0.5, 0.6) is 17.2 Å². The van der Waals surface area contributed by atoms with Crippen molar-refractivity contribution >= 4 is 17.3 Å². The van der Waals surface area contributed by atoms with Gasteiger partial charge in [-0.2, -0.15) is 5.10 Å². The summed E-state index contributed by atoms with van der Waals surface area (Å²) in [7, 11) is 0. The first kappa shape index (κ1) is 17.6. The van der Waals surface area contributed by atoms with Gasteiger partial charge in [-0.3, -0.25) is 0 Å². The van der Waals surface area contributed by atoms with E-state index in [0.717, 1.165) is 39.7 Å². The van der Waals surface area contributed by atoms with Gasteiger partial charge < -0.3 is 14.2 Å². The first-order chi connectivity index (χ1) is 14.7. The number of hydrogen-bond acceptors (Lipinski definition) is 5. The van der Waals surface area contributed by atoms with Crippen LogP contribution >= 0.6 is 11.6 Å². The van der Waals surface area contributed by atoms with Crippen LogP contribution in [0, 0.1) is 5.82 Å². The molecule has 3 aromatic rings. The quantitative estimate of drug-likeness (QED) is 0.550. The predicted octanol–water partition coefficient (Wildman–Crippen LogP) is 5.45. The Kier molecular flexibility index (Phi) is 3.89. The number of nitrogens with zero attached hydrogens (tertiary/aromatic N) is 2. The summed E-state index contributed by atoms with van der Waals surface area (Å²) in [5.41, 5.74) is 3.70. The van der Waals surface area contributed by atoms with Gasteiger partial charge in [0.05, 0.1) is 11.8 Å². The second-order valence-corrected chi connectivity index (χ2v) is 7.86. The number of fused-ring (bicyclic) bond motifs is 4. The third-order valence-electron chi connectivity index (χ3n) is 5.61. The SMILES string of the molecule is Fc1ccc([C@@H]2Oc3ccc(Cl)cc3[C@@H]3CC(c4ccc5c(c4)OCO5)=NN32)cc1. The lowest BCUT2D eigenvalue weighted by atomic mass is 9.95. The zero-order valence-electron chi connectivity index (χ0n) is 15.7. The average Bonchev–Trinajstić information content (AvgIpc) is 3.41. The summed E-state index contributed by atoms with van der Waals surface area (Å²) in [5, 5.41) is 7.49. The van der Waals surface area contributed by atoms with E-state index in [1.807, 2.05) is 41.4 Å². The first-order valence-electron chi connectivity index (χ1n) is 9.63. The van der Waals surface area contributed by atoms with Gasteiger partial charge in [0, 0.05) is 28.1 Å². The second-order valence-electron chi connectivity index (χ2n) is 7.42. The van der Waals surface area contributed by atoms with Crippen molar-refractivity contribution in [2.24, 2.45) is 5.10 Å². The van der Waals surface area contributed by atoms with E-state index >= 15 is 0 Å². The number of hydrazone groups is 1. The average molecular weight is 423 g/mol. The highest BCUT2D eigenvalue weighted by Gasteiger charge is 2.41. The van der Waals surface area contributed by atoms with E-state index in [9.17, 15) is 4.39 Å². The van der Waals surface area contributed by atoms with Gasteiger partial charge >= 0.3 is 0 Å². The lowest BCUT2D eigenvalue weighted by Gasteiger charge is -2.38. The zero-order chi connectivity index (χ0) is 20.2. The number of ether oxygens (including phenoxy) is 3. The molecule has 0 bridgehead atoms. The lowest BCUT2D eigenvalue weighted by Crippen LogP contribution is -2.33. The molecule has 0 spiro atoms. The fourth-order valence-electron chi connectivity index (χ4n) is 4.16. The molecule has 2 atom stereocenters. The van der Waals surface area contributed by atoms with Crippen LogP contribution in [0.4, 0.5) is 4.39 Å². The smallest absolute Gasteiger partial charge is 0.231 e. The molecule has 0 N–H and O–H groups in total. The van der Waals surface area contributed by atoms with E-state index in [1.54, 1.807) is 12.1 Å². The van der Waals surface area contributed by atoms with Crippen LogP contribution in [0.25, 0.3) is 0 Å². The second kappa shape index (κ2) is 6.64. The minimum absolute atomic E-state index is 0.0390. The minimum Gasteiger partial charge on any atom is -0.464 e. The van der Waals surface area contributed by atoms with Gasteiger partial charge in [0.25, 0.3) is 0 Å². The largest absolute Gasteiger partial charge is 0.464 e. The van der Waals surface area contributed by atoms with Crippen molar-refractivity contribution in [3.8, 4) is 17.2 Å². The molecule has 0 unspecified atom stereocenters. The highest BCUT2D eigenvalue weighted by molar-refractivity contribution is 6.30. The molecular weight excluding hydrogens is 407 g/mol. The van der Waals surface area contributed by atoms with Gasteiger partial charge in [0.2, 0.25) is 13.0 Å². The molecule has 7 heteroatoms. The molecule has 0 fully saturated rings. The summed E-state index contributed by atoms with van der Waals surface area (Å²) >= 11 is 6.27. The molecule has 0 amide bonds. The van der Waals surface area contributed by atoms with Crippen LogP contribution in [0.3, 0.4) is 0 Å². The van der Waals surface area contributed by atoms with Crippen LogP contribution < -0.4 is 14.2 Å². The molecule has 3 aromatic carbocycles. The molecule has 0 saturated carbocycles. The van der Waals surface area contributed by atoms with Gasteiger partial charge in [-0.05, 0) is 48.5 Å². The van der Waals surface area contributed by atoms with Crippen molar-refractivity contribution in [2.75, 3.05) is 6.79 Å². The standard InChI is InChI=1S/C23H16ClFN2O3/c24-15-4-8-20-17(10-15)19-11-18(14-3-7-21-22(9-14)29-12-28-21)26-27(19)23(30-20)13-1-5-16(25)6-2-13/h1-10,19,23H,11-12H2/t19-,23-/m0/s1. The number of benzene rings is 3. The summed E-state index contributed by atoms with van der Waals surface area (Å²) < 4.78 is 30.7. The van der Waals surface area contributed by atoms with Gasteiger partial charge in [-0.1, -0.05) is 23.7 Å².